The highest BCUT2D eigenvalue weighted by Gasteiger charge is 2.25. The Kier molecular flexibility index (Phi) is 5.53. The van der Waals surface area contributed by atoms with Crippen LogP contribution in [0.4, 0.5) is 0 Å². The fraction of sp³-hybridized carbons (Fsp3) is 0.818. The zero-order valence-electron chi connectivity index (χ0n) is 8.95. The van der Waals surface area contributed by atoms with Gasteiger partial charge in [-0.2, -0.15) is 0 Å². The largest absolute Gasteiger partial charge is 0.329 e. The number of halogens is 1. The van der Waals surface area contributed by atoms with Crippen LogP contribution in [0.1, 0.15) is 26.2 Å². The van der Waals surface area contributed by atoms with Crippen molar-refractivity contribution in [2.75, 3.05) is 19.6 Å². The molecule has 1 heterocycles. The molecule has 2 unspecified atom stereocenters. The second kappa shape index (κ2) is 6.44. The molecule has 2 atom stereocenters. The molecule has 1 fully saturated rings. The van der Waals surface area contributed by atoms with Crippen molar-refractivity contribution in [2.24, 2.45) is 11.7 Å². The van der Waals surface area contributed by atoms with Crippen LogP contribution >= 0.6 is 11.6 Å². The summed E-state index contributed by atoms with van der Waals surface area (Å²) in [6, 6.07) is 0.557. The van der Waals surface area contributed by atoms with Gasteiger partial charge in [0.05, 0.1) is 0 Å². The van der Waals surface area contributed by atoms with Gasteiger partial charge in [0.1, 0.15) is 0 Å². The number of hydrogen-bond donors (Lipinski definition) is 1. The molecule has 1 aliphatic rings. The first-order valence-electron chi connectivity index (χ1n) is 5.51. The minimum absolute atomic E-state index is 0.557. The molecule has 0 amide bonds. The Morgan fingerprint density at radius 3 is 2.93 bits per heavy atom. The third-order valence-electron chi connectivity index (χ3n) is 3.22. The van der Waals surface area contributed by atoms with E-state index in [1.54, 1.807) is 5.54 Å². The van der Waals surface area contributed by atoms with Gasteiger partial charge in [0.15, 0.2) is 0 Å². The Balaban J connectivity index is 2.43. The minimum atomic E-state index is 0.557. The number of likely N-dealkylation sites (tertiary alicyclic amines) is 1. The summed E-state index contributed by atoms with van der Waals surface area (Å²) in [6.07, 6.45) is 5.85. The topological polar surface area (TPSA) is 29.3 Å². The number of rotatable bonds is 4. The second-order valence-electron chi connectivity index (χ2n) is 4.04. The molecular weight excluding hydrogens is 196 g/mol. The van der Waals surface area contributed by atoms with E-state index in [1.807, 2.05) is 6.08 Å². The molecule has 0 aromatic carbocycles. The van der Waals surface area contributed by atoms with Crippen molar-refractivity contribution in [2.45, 2.75) is 32.2 Å². The molecule has 3 heteroatoms. The van der Waals surface area contributed by atoms with Crippen molar-refractivity contribution in [3.63, 3.8) is 0 Å². The lowest BCUT2D eigenvalue weighted by Gasteiger charge is -2.38. The lowest BCUT2D eigenvalue weighted by Crippen LogP contribution is -2.46. The van der Waals surface area contributed by atoms with Crippen LogP contribution in [0.2, 0.25) is 0 Å². The lowest BCUT2D eigenvalue weighted by atomic mass is 9.89. The molecule has 1 aliphatic heterocycles. The third kappa shape index (κ3) is 3.26. The van der Waals surface area contributed by atoms with Crippen molar-refractivity contribution in [3.8, 4) is 0 Å². The predicted octanol–water partition coefficient (Wildman–Crippen LogP) is 2.19. The molecule has 2 nitrogen and oxygen atoms in total. The quantitative estimate of drug-likeness (QED) is 0.781. The Morgan fingerprint density at radius 1 is 1.57 bits per heavy atom. The van der Waals surface area contributed by atoms with Crippen LogP contribution in [0.25, 0.3) is 0 Å². The Labute approximate surface area is 92.1 Å². The molecule has 0 bridgehead atoms. The van der Waals surface area contributed by atoms with Crippen LogP contribution in [0.3, 0.4) is 0 Å². The maximum atomic E-state index is 5.78. The van der Waals surface area contributed by atoms with Crippen molar-refractivity contribution in [1.29, 1.82) is 0 Å². The summed E-state index contributed by atoms with van der Waals surface area (Å²) in [5.41, 5.74) is 7.38. The summed E-state index contributed by atoms with van der Waals surface area (Å²) in [5.74, 6) is 0.875. The van der Waals surface area contributed by atoms with E-state index in [0.29, 0.717) is 6.04 Å². The summed E-state index contributed by atoms with van der Waals surface area (Å²) >= 11 is 5.53. The number of piperidine rings is 1. The van der Waals surface area contributed by atoms with Crippen LogP contribution in [-0.4, -0.2) is 30.6 Å². The van der Waals surface area contributed by atoms with Gasteiger partial charge in [0, 0.05) is 24.7 Å². The zero-order valence-corrected chi connectivity index (χ0v) is 9.71. The van der Waals surface area contributed by atoms with Crippen LogP contribution in [0.15, 0.2) is 11.6 Å². The smallest absolute Gasteiger partial charge is 0.0224 e. The molecule has 82 valence electrons. The fourth-order valence-corrected chi connectivity index (χ4v) is 2.29. The second-order valence-corrected chi connectivity index (χ2v) is 4.30. The summed E-state index contributed by atoms with van der Waals surface area (Å²) in [6.45, 7) is 5.16. The summed E-state index contributed by atoms with van der Waals surface area (Å²) in [4.78, 5) is 2.44. The van der Waals surface area contributed by atoms with Crippen LogP contribution in [0.5, 0.6) is 0 Å². The van der Waals surface area contributed by atoms with Gasteiger partial charge in [-0.15, -0.1) is 0 Å². The highest BCUT2D eigenvalue weighted by Crippen LogP contribution is 2.24. The average molecular weight is 217 g/mol. The molecule has 0 radical (unpaired) electrons. The van der Waals surface area contributed by atoms with E-state index >= 15 is 0 Å². The highest BCUT2D eigenvalue weighted by molar-refractivity contribution is 6.25. The van der Waals surface area contributed by atoms with Crippen LogP contribution in [0, 0.1) is 5.92 Å². The van der Waals surface area contributed by atoms with E-state index in [0.717, 1.165) is 19.0 Å². The van der Waals surface area contributed by atoms with Gasteiger partial charge in [0.25, 0.3) is 0 Å². The monoisotopic (exact) mass is 216 g/mol. The molecule has 0 spiro atoms. The Morgan fingerprint density at radius 2 is 2.36 bits per heavy atom. The minimum Gasteiger partial charge on any atom is -0.329 e. The third-order valence-corrected chi connectivity index (χ3v) is 3.40. The first-order valence-corrected chi connectivity index (χ1v) is 5.94. The van der Waals surface area contributed by atoms with Gasteiger partial charge in [-0.05, 0) is 25.3 Å². The van der Waals surface area contributed by atoms with Gasteiger partial charge in [0.2, 0.25) is 0 Å². The molecule has 1 rings (SSSR count). The van der Waals surface area contributed by atoms with E-state index in [9.17, 15) is 0 Å². The van der Waals surface area contributed by atoms with Crippen LogP contribution in [-0.2, 0) is 0 Å². The first kappa shape index (κ1) is 12.0. The van der Waals surface area contributed by atoms with E-state index in [1.165, 1.54) is 25.8 Å². The number of nitrogens with two attached hydrogens (primary N) is 1. The molecule has 2 N–H and O–H groups in total. The standard InChI is InChI=1S/C11H21ClN2/c1-2-10-4-7-14(6-3-5-12)11(8-10)9-13/h3,5,10-11H,2,4,6-9,13H2,1H3/b5-3+. The van der Waals surface area contributed by atoms with Crippen molar-refractivity contribution < 1.29 is 0 Å². The van der Waals surface area contributed by atoms with Crippen molar-refractivity contribution >= 4 is 11.6 Å². The van der Waals surface area contributed by atoms with Crippen LogP contribution < -0.4 is 5.73 Å². The van der Waals surface area contributed by atoms with E-state index in [-0.39, 0.29) is 0 Å². The molecule has 1 saturated heterocycles. The van der Waals surface area contributed by atoms with Gasteiger partial charge in [-0.1, -0.05) is 31.0 Å². The highest BCUT2D eigenvalue weighted by atomic mass is 35.5. The predicted molar refractivity (Wildman–Crippen MR) is 62.4 cm³/mol. The van der Waals surface area contributed by atoms with Crippen molar-refractivity contribution in [1.82, 2.24) is 4.90 Å². The number of nitrogens with zero attached hydrogens (tertiary/aromatic N) is 1. The van der Waals surface area contributed by atoms with E-state index < -0.39 is 0 Å². The maximum Gasteiger partial charge on any atom is 0.0224 e. The zero-order chi connectivity index (χ0) is 10.4. The summed E-state index contributed by atoms with van der Waals surface area (Å²) in [7, 11) is 0. The number of hydrogen-bond acceptors (Lipinski definition) is 2. The van der Waals surface area contributed by atoms with Gasteiger partial charge in [-0.3, -0.25) is 4.90 Å². The van der Waals surface area contributed by atoms with Gasteiger partial charge in [-0.25, -0.2) is 0 Å². The molecule has 0 aliphatic carbocycles. The maximum absolute atomic E-state index is 5.78. The first-order chi connectivity index (χ1) is 6.81. The van der Waals surface area contributed by atoms with E-state index in [2.05, 4.69) is 11.8 Å². The van der Waals surface area contributed by atoms with Gasteiger partial charge >= 0.3 is 0 Å². The summed E-state index contributed by atoms with van der Waals surface area (Å²) < 4.78 is 0. The molecule has 0 aromatic rings. The summed E-state index contributed by atoms with van der Waals surface area (Å²) in [5, 5.41) is 0. The van der Waals surface area contributed by atoms with Crippen molar-refractivity contribution in [3.05, 3.63) is 11.6 Å². The Hall–Kier alpha value is -0.0500. The molecule has 0 aromatic heterocycles. The van der Waals surface area contributed by atoms with Gasteiger partial charge < -0.3 is 5.73 Å². The van der Waals surface area contributed by atoms with E-state index in [4.69, 9.17) is 17.3 Å². The molecule has 0 saturated carbocycles. The fourth-order valence-electron chi connectivity index (χ4n) is 2.21. The Bertz CT molecular complexity index is 182. The SMILES string of the molecule is CCC1CCN(C/C=C/Cl)C(CN)C1. The molecule has 14 heavy (non-hydrogen) atoms. The normalized spacial score (nSPS) is 29.9. The lowest BCUT2D eigenvalue weighted by molar-refractivity contribution is 0.128. The average Bonchev–Trinajstić information content (AvgIpc) is 2.26. The molecular formula is C11H21ClN2.